The molecule has 90 valence electrons. The van der Waals surface area contributed by atoms with Crippen LogP contribution in [0.25, 0.3) is 5.69 Å². The largest absolute Gasteiger partial charge is 0.495 e. The Morgan fingerprint density at radius 2 is 2.24 bits per heavy atom. The molecule has 0 radical (unpaired) electrons. The normalized spacial score (nSPS) is 10.6. The molecule has 0 unspecified atom stereocenters. The van der Waals surface area contributed by atoms with Crippen molar-refractivity contribution in [2.75, 3.05) is 7.11 Å². The van der Waals surface area contributed by atoms with Gasteiger partial charge in [-0.3, -0.25) is 4.57 Å². The van der Waals surface area contributed by atoms with Crippen LogP contribution in [0.1, 0.15) is 11.4 Å². The van der Waals surface area contributed by atoms with Crippen molar-refractivity contribution in [3.8, 4) is 11.4 Å². The lowest BCUT2D eigenvalue weighted by Gasteiger charge is -2.12. The molecule has 0 bridgehead atoms. The van der Waals surface area contributed by atoms with Crippen LogP contribution in [0.3, 0.4) is 0 Å². The number of aromatic nitrogens is 3. The van der Waals surface area contributed by atoms with Crippen molar-refractivity contribution in [3.05, 3.63) is 34.9 Å². The Kier molecular flexibility index (Phi) is 3.31. The summed E-state index contributed by atoms with van der Waals surface area (Å²) in [4.78, 5) is 0. The molecule has 0 fully saturated rings. The molecule has 6 heteroatoms. The van der Waals surface area contributed by atoms with Crippen LogP contribution in [0.15, 0.2) is 18.5 Å². The van der Waals surface area contributed by atoms with Gasteiger partial charge in [-0.05, 0) is 18.6 Å². The summed E-state index contributed by atoms with van der Waals surface area (Å²) in [7, 11) is 1.56. The molecule has 0 atom stereocenters. The Bertz CT molecular complexity index is 540. The minimum absolute atomic E-state index is 0.190. The molecule has 2 aromatic rings. The molecule has 0 aliphatic carbocycles. The molecule has 1 aromatic heterocycles. The van der Waals surface area contributed by atoms with Crippen LogP contribution in [0.4, 0.5) is 0 Å². The smallest absolute Gasteiger partial charge is 0.163 e. The van der Waals surface area contributed by atoms with Crippen LogP contribution < -0.4 is 4.74 Å². The zero-order valence-electron chi connectivity index (χ0n) is 9.51. The summed E-state index contributed by atoms with van der Waals surface area (Å²) in [6.07, 6.45) is 1.52. The van der Waals surface area contributed by atoms with Crippen molar-refractivity contribution in [3.63, 3.8) is 0 Å². The third-order valence-electron chi connectivity index (χ3n) is 2.48. The first-order valence-corrected chi connectivity index (χ1v) is 5.39. The SMILES string of the molecule is COc1cc(Cl)c(C)cc1-n1cnnc1CO. The van der Waals surface area contributed by atoms with Gasteiger partial charge in [0.05, 0.1) is 12.8 Å². The Morgan fingerprint density at radius 1 is 1.47 bits per heavy atom. The molecule has 0 saturated heterocycles. The number of aliphatic hydroxyl groups excluding tert-OH is 1. The van der Waals surface area contributed by atoms with Crippen molar-refractivity contribution in [2.45, 2.75) is 13.5 Å². The van der Waals surface area contributed by atoms with Crippen molar-refractivity contribution in [1.29, 1.82) is 0 Å². The van der Waals surface area contributed by atoms with E-state index in [0.717, 1.165) is 11.3 Å². The first-order chi connectivity index (χ1) is 8.17. The molecular weight excluding hydrogens is 242 g/mol. The van der Waals surface area contributed by atoms with Crippen LogP contribution >= 0.6 is 11.6 Å². The summed E-state index contributed by atoms with van der Waals surface area (Å²) in [6, 6.07) is 3.59. The zero-order valence-corrected chi connectivity index (χ0v) is 10.3. The highest BCUT2D eigenvalue weighted by Crippen LogP contribution is 2.30. The number of methoxy groups -OCH3 is 1. The number of aryl methyl sites for hydroxylation is 1. The number of halogens is 1. The molecule has 2 rings (SSSR count). The van der Waals surface area contributed by atoms with Gasteiger partial charge in [0.1, 0.15) is 18.7 Å². The minimum atomic E-state index is -0.190. The fourth-order valence-corrected chi connectivity index (χ4v) is 1.72. The zero-order chi connectivity index (χ0) is 12.4. The maximum atomic E-state index is 9.17. The van der Waals surface area contributed by atoms with Crippen LogP contribution in [-0.4, -0.2) is 27.0 Å². The van der Waals surface area contributed by atoms with Gasteiger partial charge in [-0.25, -0.2) is 0 Å². The second-order valence-electron chi connectivity index (χ2n) is 3.55. The first-order valence-electron chi connectivity index (χ1n) is 5.01. The lowest BCUT2D eigenvalue weighted by Crippen LogP contribution is -2.03. The van der Waals surface area contributed by atoms with Gasteiger partial charge >= 0.3 is 0 Å². The van der Waals surface area contributed by atoms with Gasteiger partial charge < -0.3 is 9.84 Å². The number of hydrogen-bond acceptors (Lipinski definition) is 4. The third kappa shape index (κ3) is 2.11. The highest BCUT2D eigenvalue weighted by molar-refractivity contribution is 6.31. The number of nitrogens with zero attached hydrogens (tertiary/aromatic N) is 3. The average Bonchev–Trinajstić information content (AvgIpc) is 2.80. The van der Waals surface area contributed by atoms with Crippen molar-refractivity contribution < 1.29 is 9.84 Å². The first kappa shape index (κ1) is 11.9. The maximum Gasteiger partial charge on any atom is 0.163 e. The number of ether oxygens (including phenoxy) is 1. The van der Waals surface area contributed by atoms with E-state index < -0.39 is 0 Å². The number of rotatable bonds is 3. The molecule has 0 saturated carbocycles. The van der Waals surface area contributed by atoms with Gasteiger partial charge in [0.15, 0.2) is 5.82 Å². The summed E-state index contributed by atoms with van der Waals surface area (Å²) in [5.74, 6) is 1.06. The Morgan fingerprint density at radius 3 is 2.88 bits per heavy atom. The molecular formula is C11H12ClN3O2. The van der Waals surface area contributed by atoms with E-state index in [-0.39, 0.29) is 6.61 Å². The van der Waals surface area contributed by atoms with Crippen molar-refractivity contribution in [1.82, 2.24) is 14.8 Å². The minimum Gasteiger partial charge on any atom is -0.495 e. The molecule has 0 spiro atoms. The Balaban J connectivity index is 2.62. The van der Waals surface area contributed by atoms with Crippen LogP contribution in [-0.2, 0) is 6.61 Å². The van der Waals surface area contributed by atoms with E-state index in [1.54, 1.807) is 17.7 Å². The Labute approximate surface area is 104 Å². The van der Waals surface area contributed by atoms with E-state index in [0.29, 0.717) is 16.6 Å². The lowest BCUT2D eigenvalue weighted by molar-refractivity contribution is 0.268. The van der Waals surface area contributed by atoms with E-state index in [9.17, 15) is 0 Å². The fourth-order valence-electron chi connectivity index (χ4n) is 1.57. The number of hydrogen-bond donors (Lipinski definition) is 1. The second-order valence-corrected chi connectivity index (χ2v) is 3.96. The van der Waals surface area contributed by atoms with Gasteiger partial charge in [0.25, 0.3) is 0 Å². The van der Waals surface area contributed by atoms with E-state index in [2.05, 4.69) is 10.2 Å². The number of benzene rings is 1. The quantitative estimate of drug-likeness (QED) is 0.905. The van der Waals surface area contributed by atoms with Gasteiger partial charge in [0, 0.05) is 11.1 Å². The highest BCUT2D eigenvalue weighted by atomic mass is 35.5. The molecule has 1 aromatic carbocycles. The van der Waals surface area contributed by atoms with E-state index >= 15 is 0 Å². The second kappa shape index (κ2) is 4.73. The number of aliphatic hydroxyl groups is 1. The molecule has 0 aliphatic rings. The summed E-state index contributed by atoms with van der Waals surface area (Å²) < 4.78 is 6.93. The summed E-state index contributed by atoms with van der Waals surface area (Å²) in [5, 5.41) is 17.4. The van der Waals surface area contributed by atoms with E-state index in [1.807, 2.05) is 13.0 Å². The van der Waals surface area contributed by atoms with Gasteiger partial charge in [-0.2, -0.15) is 0 Å². The maximum absolute atomic E-state index is 9.17. The lowest BCUT2D eigenvalue weighted by atomic mass is 10.2. The van der Waals surface area contributed by atoms with Crippen LogP contribution in [0, 0.1) is 6.92 Å². The van der Waals surface area contributed by atoms with Crippen LogP contribution in [0.2, 0.25) is 5.02 Å². The van der Waals surface area contributed by atoms with E-state index in [4.69, 9.17) is 21.4 Å². The van der Waals surface area contributed by atoms with Crippen LogP contribution in [0.5, 0.6) is 5.75 Å². The summed E-state index contributed by atoms with van der Waals surface area (Å²) >= 11 is 6.03. The molecule has 0 aliphatic heterocycles. The van der Waals surface area contributed by atoms with E-state index in [1.165, 1.54) is 6.33 Å². The molecule has 0 amide bonds. The molecule has 17 heavy (non-hydrogen) atoms. The average molecular weight is 254 g/mol. The monoisotopic (exact) mass is 253 g/mol. The predicted octanol–water partition coefficient (Wildman–Crippen LogP) is 1.73. The van der Waals surface area contributed by atoms with Gasteiger partial charge in [-0.15, -0.1) is 10.2 Å². The third-order valence-corrected chi connectivity index (χ3v) is 2.89. The van der Waals surface area contributed by atoms with Crippen molar-refractivity contribution in [2.24, 2.45) is 0 Å². The Hall–Kier alpha value is -1.59. The highest BCUT2D eigenvalue weighted by Gasteiger charge is 2.12. The molecule has 1 heterocycles. The molecule has 5 nitrogen and oxygen atoms in total. The standard InChI is InChI=1S/C11H12ClN3O2/c1-7-3-9(10(17-2)4-8(7)12)15-6-13-14-11(15)5-16/h3-4,6,16H,5H2,1-2H3. The summed E-state index contributed by atoms with van der Waals surface area (Å²) in [5.41, 5.74) is 1.67. The van der Waals surface area contributed by atoms with Crippen molar-refractivity contribution >= 4 is 11.6 Å². The molecule has 1 N–H and O–H groups in total. The predicted molar refractivity (Wildman–Crippen MR) is 63.6 cm³/mol. The van der Waals surface area contributed by atoms with Gasteiger partial charge in [-0.1, -0.05) is 11.6 Å². The van der Waals surface area contributed by atoms with Gasteiger partial charge in [0.2, 0.25) is 0 Å². The summed E-state index contributed by atoms with van der Waals surface area (Å²) in [6.45, 7) is 1.71. The fraction of sp³-hybridized carbons (Fsp3) is 0.273. The topological polar surface area (TPSA) is 60.2 Å².